The second-order valence-electron chi connectivity index (χ2n) is 3.33. The molecule has 0 aliphatic carbocycles. The van der Waals surface area contributed by atoms with Gasteiger partial charge in [0.2, 0.25) is 0 Å². The first-order valence-corrected chi connectivity index (χ1v) is 4.89. The van der Waals surface area contributed by atoms with Crippen molar-refractivity contribution in [1.29, 1.82) is 0 Å². The van der Waals surface area contributed by atoms with E-state index in [4.69, 9.17) is 4.74 Å². The minimum Gasteiger partial charge on any atom is -0.461 e. The maximum Gasteiger partial charge on any atom is 0.308 e. The Balaban J connectivity index is 4.25. The summed E-state index contributed by atoms with van der Waals surface area (Å²) in [5.41, 5.74) is 0.888. The Morgan fingerprint density at radius 1 is 1.33 bits per heavy atom. The maximum atomic E-state index is 11.2. The van der Waals surface area contributed by atoms with Crippen molar-refractivity contribution in [2.75, 3.05) is 6.61 Å². The van der Waals surface area contributed by atoms with E-state index in [1.165, 1.54) is 0 Å². The molecule has 15 heavy (non-hydrogen) atoms. The van der Waals surface area contributed by atoms with Gasteiger partial charge in [0.05, 0.1) is 5.92 Å². The third kappa shape index (κ3) is 6.49. The summed E-state index contributed by atoms with van der Waals surface area (Å²) in [5, 5.41) is 0. The minimum absolute atomic E-state index is 0.0987. The van der Waals surface area contributed by atoms with Crippen LogP contribution in [0.3, 0.4) is 0 Å². The van der Waals surface area contributed by atoms with Gasteiger partial charge in [-0.25, -0.2) is 0 Å². The molecular formula is C13H18O2. The fourth-order valence-electron chi connectivity index (χ4n) is 0.816. The van der Waals surface area contributed by atoms with Crippen LogP contribution in [0.25, 0.3) is 0 Å². The molecule has 0 rings (SSSR count). The van der Waals surface area contributed by atoms with E-state index < -0.39 is 0 Å². The first kappa shape index (κ1) is 13.4. The third-order valence-corrected chi connectivity index (χ3v) is 1.63. The lowest BCUT2D eigenvalue weighted by atomic mass is 10.2. The highest BCUT2D eigenvalue weighted by Crippen LogP contribution is 2.02. The van der Waals surface area contributed by atoms with Gasteiger partial charge in [-0.3, -0.25) is 4.79 Å². The van der Waals surface area contributed by atoms with Crippen molar-refractivity contribution in [1.82, 2.24) is 0 Å². The van der Waals surface area contributed by atoms with E-state index in [-0.39, 0.29) is 18.5 Å². The summed E-state index contributed by atoms with van der Waals surface area (Å²) in [5.74, 6) is -0.296. The molecule has 0 atom stereocenters. The van der Waals surface area contributed by atoms with Crippen LogP contribution in [0.2, 0.25) is 0 Å². The number of rotatable bonds is 6. The molecule has 82 valence electrons. The van der Waals surface area contributed by atoms with Crippen LogP contribution in [0.5, 0.6) is 0 Å². The molecule has 0 unspecified atom stereocenters. The van der Waals surface area contributed by atoms with Crippen LogP contribution in [-0.2, 0) is 9.53 Å². The van der Waals surface area contributed by atoms with Crippen LogP contribution < -0.4 is 0 Å². The highest BCUT2D eigenvalue weighted by Gasteiger charge is 2.07. The molecule has 2 heteroatoms. The van der Waals surface area contributed by atoms with E-state index >= 15 is 0 Å². The topological polar surface area (TPSA) is 26.3 Å². The van der Waals surface area contributed by atoms with Crippen molar-refractivity contribution in [3.8, 4) is 0 Å². The van der Waals surface area contributed by atoms with Crippen LogP contribution in [-0.4, -0.2) is 12.6 Å². The molecule has 0 saturated heterocycles. The Morgan fingerprint density at radius 3 is 2.47 bits per heavy atom. The molecule has 0 fully saturated rings. The maximum absolute atomic E-state index is 11.2. The standard InChI is InChI=1S/C13H18O2/c1-5-7-9-12(8-6-2)10-15-13(14)11(3)4/h5-9,11H,1-2,10H2,3-4H3/b9-7-,12-8+. The number of hydrogen-bond acceptors (Lipinski definition) is 2. The number of carbonyl (C=O) groups excluding carboxylic acids is 1. The van der Waals surface area contributed by atoms with Crippen molar-refractivity contribution in [3.05, 3.63) is 49.1 Å². The summed E-state index contributed by atoms with van der Waals surface area (Å²) in [6, 6.07) is 0. The Labute approximate surface area is 91.6 Å². The molecule has 0 amide bonds. The van der Waals surface area contributed by atoms with Gasteiger partial charge in [0.25, 0.3) is 0 Å². The van der Waals surface area contributed by atoms with E-state index in [1.54, 1.807) is 38.2 Å². The van der Waals surface area contributed by atoms with E-state index in [0.29, 0.717) is 0 Å². The first-order valence-electron chi connectivity index (χ1n) is 4.89. The Morgan fingerprint density at radius 2 is 2.00 bits per heavy atom. The molecule has 0 aromatic carbocycles. The predicted molar refractivity (Wildman–Crippen MR) is 63.4 cm³/mol. The van der Waals surface area contributed by atoms with Gasteiger partial charge >= 0.3 is 5.97 Å². The SMILES string of the molecule is C=C/C=C\C(=C/C=C)COC(=O)C(C)C. The lowest BCUT2D eigenvalue weighted by molar-refractivity contribution is -0.146. The average molecular weight is 206 g/mol. The van der Waals surface area contributed by atoms with Gasteiger partial charge in [-0.15, -0.1) is 0 Å². The first-order chi connectivity index (χ1) is 7.11. The van der Waals surface area contributed by atoms with Crippen molar-refractivity contribution in [2.45, 2.75) is 13.8 Å². The number of esters is 1. The van der Waals surface area contributed by atoms with Crippen LogP contribution in [0.15, 0.2) is 49.1 Å². The van der Waals surface area contributed by atoms with Crippen molar-refractivity contribution in [2.24, 2.45) is 5.92 Å². The minimum atomic E-state index is -0.197. The third-order valence-electron chi connectivity index (χ3n) is 1.63. The molecule has 0 spiro atoms. The molecule has 0 radical (unpaired) electrons. The zero-order valence-electron chi connectivity index (χ0n) is 9.40. The monoisotopic (exact) mass is 206 g/mol. The Hall–Kier alpha value is -1.57. The Kier molecular flexibility index (Phi) is 6.98. The summed E-state index contributed by atoms with van der Waals surface area (Å²) < 4.78 is 5.07. The van der Waals surface area contributed by atoms with Gasteiger partial charge in [0.1, 0.15) is 6.61 Å². The average Bonchev–Trinajstić information content (AvgIpc) is 2.21. The smallest absolute Gasteiger partial charge is 0.308 e. The van der Waals surface area contributed by atoms with Gasteiger partial charge in [0, 0.05) is 0 Å². The van der Waals surface area contributed by atoms with E-state index in [0.717, 1.165) is 5.57 Å². The molecule has 0 bridgehead atoms. The molecule has 0 saturated carbocycles. The van der Waals surface area contributed by atoms with E-state index in [1.807, 2.05) is 6.08 Å². The predicted octanol–water partition coefficient (Wildman–Crippen LogP) is 3.04. The number of ether oxygens (including phenoxy) is 1. The number of hydrogen-bond donors (Lipinski definition) is 0. The summed E-state index contributed by atoms with van der Waals surface area (Å²) in [6.45, 7) is 11.0. The van der Waals surface area contributed by atoms with Crippen molar-refractivity contribution in [3.63, 3.8) is 0 Å². The van der Waals surface area contributed by atoms with E-state index in [9.17, 15) is 4.79 Å². The number of allylic oxidation sites excluding steroid dienone is 4. The van der Waals surface area contributed by atoms with Gasteiger partial charge in [0.15, 0.2) is 0 Å². The summed E-state index contributed by atoms with van der Waals surface area (Å²) in [7, 11) is 0. The zero-order chi connectivity index (χ0) is 11.7. The summed E-state index contributed by atoms with van der Waals surface area (Å²) in [4.78, 5) is 11.2. The van der Waals surface area contributed by atoms with Gasteiger partial charge in [-0.05, 0) is 5.57 Å². The molecule has 0 aromatic heterocycles. The molecule has 0 aliphatic rings. The number of carbonyl (C=O) groups is 1. The molecule has 0 aromatic rings. The van der Waals surface area contributed by atoms with Crippen LogP contribution >= 0.6 is 0 Å². The summed E-state index contributed by atoms with van der Waals surface area (Å²) in [6.07, 6.45) is 8.75. The second-order valence-corrected chi connectivity index (χ2v) is 3.33. The molecule has 0 heterocycles. The van der Waals surface area contributed by atoms with Crippen molar-refractivity contribution >= 4 is 5.97 Å². The zero-order valence-corrected chi connectivity index (χ0v) is 9.40. The molecule has 0 aliphatic heterocycles. The molecular weight excluding hydrogens is 188 g/mol. The van der Waals surface area contributed by atoms with E-state index in [2.05, 4.69) is 13.2 Å². The quantitative estimate of drug-likeness (QED) is 0.493. The molecule has 0 N–H and O–H groups in total. The van der Waals surface area contributed by atoms with Crippen LogP contribution in [0, 0.1) is 5.92 Å². The fraction of sp³-hybridized carbons (Fsp3) is 0.308. The lowest BCUT2D eigenvalue weighted by Gasteiger charge is -2.07. The normalized spacial score (nSPS) is 11.8. The van der Waals surface area contributed by atoms with Crippen molar-refractivity contribution < 1.29 is 9.53 Å². The van der Waals surface area contributed by atoms with Crippen LogP contribution in [0.1, 0.15) is 13.8 Å². The lowest BCUT2D eigenvalue weighted by Crippen LogP contribution is -2.13. The highest BCUT2D eigenvalue weighted by atomic mass is 16.5. The largest absolute Gasteiger partial charge is 0.461 e. The summed E-state index contributed by atoms with van der Waals surface area (Å²) >= 11 is 0. The van der Waals surface area contributed by atoms with Gasteiger partial charge < -0.3 is 4.74 Å². The van der Waals surface area contributed by atoms with Gasteiger partial charge in [-0.1, -0.05) is 57.4 Å². The highest BCUT2D eigenvalue weighted by molar-refractivity contribution is 5.71. The van der Waals surface area contributed by atoms with Gasteiger partial charge in [-0.2, -0.15) is 0 Å². The molecule has 2 nitrogen and oxygen atoms in total. The fourth-order valence-corrected chi connectivity index (χ4v) is 0.816. The Bertz CT molecular complexity index is 283. The second kappa shape index (κ2) is 7.80. The van der Waals surface area contributed by atoms with Crippen LogP contribution in [0.4, 0.5) is 0 Å².